The van der Waals surface area contributed by atoms with Crippen molar-refractivity contribution >= 4 is 18.3 Å². The van der Waals surface area contributed by atoms with Crippen LogP contribution in [0.15, 0.2) is 27.9 Å². The zero-order valence-electron chi connectivity index (χ0n) is 11.9. The largest absolute Gasteiger partial charge is 0.463 e. The summed E-state index contributed by atoms with van der Waals surface area (Å²) in [6.07, 6.45) is 4.01. The van der Waals surface area contributed by atoms with Gasteiger partial charge in [0.2, 0.25) is 0 Å². The SMILES string of the molecule is CCCCC(=O)OCC1CN(N=Cc2ccco2)C(=O)O1. The van der Waals surface area contributed by atoms with E-state index in [1.165, 1.54) is 17.5 Å². The summed E-state index contributed by atoms with van der Waals surface area (Å²) in [5, 5.41) is 5.15. The van der Waals surface area contributed by atoms with Gasteiger partial charge in [-0.25, -0.2) is 4.79 Å². The summed E-state index contributed by atoms with van der Waals surface area (Å²) < 4.78 is 15.2. The van der Waals surface area contributed by atoms with Gasteiger partial charge in [-0.1, -0.05) is 13.3 Å². The topological polar surface area (TPSA) is 81.3 Å². The second-order valence-electron chi connectivity index (χ2n) is 4.63. The van der Waals surface area contributed by atoms with Crippen LogP contribution in [-0.2, 0) is 14.3 Å². The summed E-state index contributed by atoms with van der Waals surface area (Å²) >= 11 is 0. The first-order valence-corrected chi connectivity index (χ1v) is 6.90. The fourth-order valence-electron chi connectivity index (χ4n) is 1.76. The molecule has 2 rings (SSSR count). The van der Waals surface area contributed by atoms with Crippen LogP contribution in [0.2, 0.25) is 0 Å². The molecule has 1 fully saturated rings. The third-order valence-corrected chi connectivity index (χ3v) is 2.89. The summed E-state index contributed by atoms with van der Waals surface area (Å²) in [4.78, 5) is 23.0. The zero-order chi connectivity index (χ0) is 15.1. The molecular weight excluding hydrogens is 276 g/mol. The minimum atomic E-state index is -0.563. The van der Waals surface area contributed by atoms with Gasteiger partial charge in [0.25, 0.3) is 0 Å². The molecule has 1 aliphatic rings. The normalized spacial score (nSPS) is 18.2. The molecule has 1 unspecified atom stereocenters. The lowest BCUT2D eigenvalue weighted by molar-refractivity contribution is -0.146. The number of furan rings is 1. The van der Waals surface area contributed by atoms with Crippen molar-refractivity contribution < 1.29 is 23.5 Å². The van der Waals surface area contributed by atoms with E-state index in [1.807, 2.05) is 6.92 Å². The lowest BCUT2D eigenvalue weighted by Crippen LogP contribution is -2.23. The van der Waals surface area contributed by atoms with Crippen molar-refractivity contribution in [2.45, 2.75) is 32.3 Å². The first-order chi connectivity index (χ1) is 10.2. The Morgan fingerprint density at radius 1 is 1.62 bits per heavy atom. The molecule has 2 heterocycles. The molecular formula is C14H18N2O5. The fourth-order valence-corrected chi connectivity index (χ4v) is 1.76. The zero-order valence-corrected chi connectivity index (χ0v) is 11.9. The molecule has 1 saturated heterocycles. The van der Waals surface area contributed by atoms with Crippen LogP contribution in [0.3, 0.4) is 0 Å². The van der Waals surface area contributed by atoms with Gasteiger partial charge in [0.1, 0.15) is 12.4 Å². The average molecular weight is 294 g/mol. The van der Waals surface area contributed by atoms with Crippen molar-refractivity contribution in [3.8, 4) is 0 Å². The van der Waals surface area contributed by atoms with E-state index in [9.17, 15) is 9.59 Å². The highest BCUT2D eigenvalue weighted by Crippen LogP contribution is 2.12. The molecule has 1 amide bonds. The van der Waals surface area contributed by atoms with Gasteiger partial charge in [-0.3, -0.25) is 4.79 Å². The monoisotopic (exact) mass is 294 g/mol. The van der Waals surface area contributed by atoms with Gasteiger partial charge < -0.3 is 13.9 Å². The number of hydrazone groups is 1. The molecule has 0 bridgehead atoms. The lowest BCUT2D eigenvalue weighted by Gasteiger charge is -2.08. The molecule has 7 heteroatoms. The van der Waals surface area contributed by atoms with Crippen LogP contribution in [0, 0.1) is 0 Å². The predicted octanol–water partition coefficient (Wildman–Crippen LogP) is 2.17. The Morgan fingerprint density at radius 3 is 3.19 bits per heavy atom. The minimum Gasteiger partial charge on any atom is -0.463 e. The van der Waals surface area contributed by atoms with E-state index in [4.69, 9.17) is 13.9 Å². The number of unbranched alkanes of at least 4 members (excludes halogenated alkanes) is 1. The number of cyclic esters (lactones) is 1. The standard InChI is InChI=1S/C14H18N2O5/c1-2-3-6-13(17)20-10-12-9-16(14(18)21-12)15-8-11-5-4-7-19-11/h4-5,7-8,12H,2-3,6,9-10H2,1H3. The van der Waals surface area contributed by atoms with Gasteiger partial charge in [-0.05, 0) is 18.6 Å². The van der Waals surface area contributed by atoms with Crippen molar-refractivity contribution in [1.82, 2.24) is 5.01 Å². The van der Waals surface area contributed by atoms with Crippen molar-refractivity contribution in [3.63, 3.8) is 0 Å². The number of rotatable bonds is 7. The molecule has 0 aromatic carbocycles. The van der Waals surface area contributed by atoms with Crippen LogP contribution in [0.5, 0.6) is 0 Å². The summed E-state index contributed by atoms with van der Waals surface area (Å²) in [6.45, 7) is 2.30. The van der Waals surface area contributed by atoms with Crippen LogP contribution >= 0.6 is 0 Å². The number of esters is 1. The van der Waals surface area contributed by atoms with E-state index in [2.05, 4.69) is 5.10 Å². The third-order valence-electron chi connectivity index (χ3n) is 2.89. The number of carbonyl (C=O) groups excluding carboxylic acids is 2. The maximum atomic E-state index is 11.6. The van der Waals surface area contributed by atoms with Crippen molar-refractivity contribution in [2.75, 3.05) is 13.2 Å². The number of hydrogen-bond donors (Lipinski definition) is 0. The summed E-state index contributed by atoms with van der Waals surface area (Å²) in [5.74, 6) is 0.266. The molecule has 0 radical (unpaired) electrons. The van der Waals surface area contributed by atoms with E-state index >= 15 is 0 Å². The fraction of sp³-hybridized carbons (Fsp3) is 0.500. The Balaban J connectivity index is 1.76. The summed E-state index contributed by atoms with van der Waals surface area (Å²) in [7, 11) is 0. The van der Waals surface area contributed by atoms with Crippen LogP contribution in [0.25, 0.3) is 0 Å². The number of hydrogen-bond acceptors (Lipinski definition) is 6. The maximum Gasteiger partial charge on any atom is 0.430 e. The molecule has 1 atom stereocenters. The molecule has 0 N–H and O–H groups in total. The smallest absolute Gasteiger partial charge is 0.430 e. The molecule has 21 heavy (non-hydrogen) atoms. The number of amides is 1. The van der Waals surface area contributed by atoms with Gasteiger partial charge in [0, 0.05) is 6.42 Å². The molecule has 1 aliphatic heterocycles. The third kappa shape index (κ3) is 4.62. The first kappa shape index (κ1) is 15.1. The summed E-state index contributed by atoms with van der Waals surface area (Å²) in [6, 6.07) is 3.44. The van der Waals surface area contributed by atoms with Crippen molar-refractivity contribution in [3.05, 3.63) is 24.2 Å². The van der Waals surface area contributed by atoms with Gasteiger partial charge in [0.15, 0.2) is 6.10 Å². The second kappa shape index (κ2) is 7.47. The quantitative estimate of drug-likeness (QED) is 0.568. The number of nitrogens with zero attached hydrogens (tertiary/aromatic N) is 2. The Kier molecular flexibility index (Phi) is 5.36. The highest BCUT2D eigenvalue weighted by molar-refractivity contribution is 5.78. The van der Waals surface area contributed by atoms with E-state index in [0.717, 1.165) is 12.8 Å². The van der Waals surface area contributed by atoms with Gasteiger partial charge >= 0.3 is 12.1 Å². The molecule has 0 saturated carbocycles. The van der Waals surface area contributed by atoms with E-state index < -0.39 is 12.2 Å². The van der Waals surface area contributed by atoms with Crippen molar-refractivity contribution in [2.24, 2.45) is 5.10 Å². The van der Waals surface area contributed by atoms with E-state index in [0.29, 0.717) is 12.2 Å². The molecule has 0 aliphatic carbocycles. The van der Waals surface area contributed by atoms with Crippen LogP contribution < -0.4 is 0 Å². The highest BCUT2D eigenvalue weighted by atomic mass is 16.6. The Morgan fingerprint density at radius 2 is 2.48 bits per heavy atom. The Labute approximate surface area is 122 Å². The van der Waals surface area contributed by atoms with Crippen molar-refractivity contribution in [1.29, 1.82) is 0 Å². The molecule has 1 aromatic rings. The minimum absolute atomic E-state index is 0.0566. The second-order valence-corrected chi connectivity index (χ2v) is 4.63. The number of ether oxygens (including phenoxy) is 2. The lowest BCUT2D eigenvalue weighted by atomic mass is 10.2. The number of carbonyl (C=O) groups is 2. The molecule has 0 spiro atoms. The molecule has 114 valence electrons. The summed E-state index contributed by atoms with van der Waals surface area (Å²) in [5.41, 5.74) is 0. The first-order valence-electron chi connectivity index (χ1n) is 6.90. The highest BCUT2D eigenvalue weighted by Gasteiger charge is 2.32. The van der Waals surface area contributed by atoms with Gasteiger partial charge in [0.05, 0.1) is 19.0 Å². The Hall–Kier alpha value is -2.31. The van der Waals surface area contributed by atoms with Gasteiger partial charge in [-0.2, -0.15) is 10.1 Å². The van der Waals surface area contributed by atoms with Crippen LogP contribution in [0.1, 0.15) is 31.9 Å². The predicted molar refractivity (Wildman–Crippen MR) is 73.8 cm³/mol. The average Bonchev–Trinajstić information content (AvgIpc) is 3.10. The maximum absolute atomic E-state index is 11.6. The van der Waals surface area contributed by atoms with E-state index in [1.54, 1.807) is 12.1 Å². The molecule has 7 nitrogen and oxygen atoms in total. The van der Waals surface area contributed by atoms with E-state index in [-0.39, 0.29) is 19.1 Å². The van der Waals surface area contributed by atoms with Gasteiger partial charge in [-0.15, -0.1) is 0 Å². The Bertz CT molecular complexity index is 497. The van der Waals surface area contributed by atoms with Crippen LogP contribution in [0.4, 0.5) is 4.79 Å². The van der Waals surface area contributed by atoms with Crippen LogP contribution in [-0.4, -0.2) is 42.5 Å². The molecule has 1 aromatic heterocycles.